The fourth-order valence-electron chi connectivity index (χ4n) is 1.71. The molecule has 1 aliphatic heterocycles. The van der Waals surface area contributed by atoms with Crippen LogP contribution in [0.2, 0.25) is 0 Å². The largest absolute Gasteiger partial charge is 0.376 e. The molecule has 0 aliphatic carbocycles. The van der Waals surface area contributed by atoms with E-state index in [4.69, 9.17) is 15.2 Å². The van der Waals surface area contributed by atoms with Crippen LogP contribution in [0.25, 0.3) is 0 Å². The lowest BCUT2D eigenvalue weighted by molar-refractivity contribution is -0.137. The molecule has 94 valence electrons. The Morgan fingerprint density at radius 3 is 3.00 bits per heavy atom. The Kier molecular flexibility index (Phi) is 6.37. The Morgan fingerprint density at radius 1 is 1.56 bits per heavy atom. The van der Waals surface area contributed by atoms with Crippen molar-refractivity contribution >= 4 is 5.91 Å². The fourth-order valence-corrected chi connectivity index (χ4v) is 1.71. The molecule has 5 nitrogen and oxygen atoms in total. The number of nitrogens with zero attached hydrogens (tertiary/aromatic N) is 1. The molecule has 2 N–H and O–H groups in total. The Morgan fingerprint density at radius 2 is 2.38 bits per heavy atom. The van der Waals surface area contributed by atoms with Gasteiger partial charge in [-0.25, -0.2) is 0 Å². The number of hydrogen-bond acceptors (Lipinski definition) is 4. The molecule has 16 heavy (non-hydrogen) atoms. The van der Waals surface area contributed by atoms with E-state index in [2.05, 4.69) is 0 Å². The third-order valence-electron chi connectivity index (χ3n) is 2.66. The van der Waals surface area contributed by atoms with Crippen LogP contribution in [0.5, 0.6) is 0 Å². The molecule has 5 heteroatoms. The minimum atomic E-state index is -0.0115. The topological polar surface area (TPSA) is 64.8 Å². The van der Waals surface area contributed by atoms with E-state index in [1.54, 1.807) is 11.9 Å². The predicted molar refractivity (Wildman–Crippen MR) is 61.1 cm³/mol. The maximum Gasteiger partial charge on any atom is 0.248 e. The summed E-state index contributed by atoms with van der Waals surface area (Å²) in [5.74, 6) is -0.0115. The fraction of sp³-hybridized carbons (Fsp3) is 0.909. The van der Waals surface area contributed by atoms with Gasteiger partial charge in [-0.05, 0) is 19.3 Å². The van der Waals surface area contributed by atoms with Gasteiger partial charge in [0, 0.05) is 26.7 Å². The molecule has 0 bridgehead atoms. The molecule has 1 atom stereocenters. The van der Waals surface area contributed by atoms with Gasteiger partial charge in [0.05, 0.1) is 12.7 Å². The Hall–Kier alpha value is -0.650. The van der Waals surface area contributed by atoms with Crippen LogP contribution in [0.15, 0.2) is 0 Å². The smallest absolute Gasteiger partial charge is 0.248 e. The molecule has 0 radical (unpaired) electrons. The normalized spacial score (nSPS) is 20.8. The summed E-state index contributed by atoms with van der Waals surface area (Å²) in [5.41, 5.74) is 5.27. The van der Waals surface area contributed by atoms with Gasteiger partial charge in [0.15, 0.2) is 0 Å². The molecule has 1 fully saturated rings. The highest BCUT2D eigenvalue weighted by molar-refractivity contribution is 5.77. The maximum absolute atomic E-state index is 11.6. The van der Waals surface area contributed by atoms with Gasteiger partial charge in [-0.1, -0.05) is 0 Å². The quantitative estimate of drug-likeness (QED) is 0.652. The van der Waals surface area contributed by atoms with E-state index in [0.717, 1.165) is 19.4 Å². The maximum atomic E-state index is 11.6. The number of hydrogen-bond donors (Lipinski definition) is 1. The lowest BCUT2D eigenvalue weighted by Crippen LogP contribution is -2.39. The van der Waals surface area contributed by atoms with Crippen LogP contribution in [-0.2, 0) is 14.3 Å². The molecule has 1 aliphatic rings. The summed E-state index contributed by atoms with van der Waals surface area (Å²) in [5, 5.41) is 0. The molecular formula is C11H22N2O3. The van der Waals surface area contributed by atoms with Crippen LogP contribution in [0.1, 0.15) is 19.3 Å². The Balaban J connectivity index is 2.16. The first kappa shape index (κ1) is 13.4. The molecule has 1 saturated heterocycles. The number of amides is 1. The van der Waals surface area contributed by atoms with Crippen LogP contribution in [0.4, 0.5) is 0 Å². The minimum Gasteiger partial charge on any atom is -0.376 e. The average Bonchev–Trinajstić information content (AvgIpc) is 2.30. The van der Waals surface area contributed by atoms with E-state index >= 15 is 0 Å². The zero-order valence-electron chi connectivity index (χ0n) is 9.98. The number of likely N-dealkylation sites (N-methyl/N-ethyl adjacent to an activating group) is 1. The summed E-state index contributed by atoms with van der Waals surface area (Å²) < 4.78 is 10.7. The summed E-state index contributed by atoms with van der Waals surface area (Å²) in [4.78, 5) is 13.3. The van der Waals surface area contributed by atoms with E-state index in [1.165, 1.54) is 6.42 Å². The van der Waals surface area contributed by atoms with Crippen molar-refractivity contribution in [3.63, 3.8) is 0 Å². The van der Waals surface area contributed by atoms with Crippen molar-refractivity contribution in [1.29, 1.82) is 0 Å². The van der Waals surface area contributed by atoms with Crippen LogP contribution in [0, 0.1) is 0 Å². The molecule has 1 heterocycles. The lowest BCUT2D eigenvalue weighted by atomic mass is 10.1. The monoisotopic (exact) mass is 230 g/mol. The second-order valence-corrected chi connectivity index (χ2v) is 4.10. The second-order valence-electron chi connectivity index (χ2n) is 4.10. The van der Waals surface area contributed by atoms with Gasteiger partial charge < -0.3 is 20.1 Å². The first-order valence-electron chi connectivity index (χ1n) is 5.87. The van der Waals surface area contributed by atoms with Crippen LogP contribution in [-0.4, -0.2) is 56.9 Å². The summed E-state index contributed by atoms with van der Waals surface area (Å²) >= 11 is 0. The van der Waals surface area contributed by atoms with Gasteiger partial charge in [-0.3, -0.25) is 4.79 Å². The van der Waals surface area contributed by atoms with Crippen LogP contribution >= 0.6 is 0 Å². The van der Waals surface area contributed by atoms with E-state index in [1.807, 2.05) is 0 Å². The lowest BCUT2D eigenvalue weighted by Gasteiger charge is -2.27. The molecular weight excluding hydrogens is 208 g/mol. The molecule has 0 saturated carbocycles. The first-order chi connectivity index (χ1) is 7.74. The summed E-state index contributed by atoms with van der Waals surface area (Å²) in [6.45, 7) is 2.46. The molecule has 0 aromatic heterocycles. The third kappa shape index (κ3) is 4.92. The summed E-state index contributed by atoms with van der Waals surface area (Å²) in [6.07, 6.45) is 3.56. The molecule has 0 aromatic rings. The van der Waals surface area contributed by atoms with Crippen molar-refractivity contribution < 1.29 is 14.3 Å². The highest BCUT2D eigenvalue weighted by Crippen LogP contribution is 2.13. The predicted octanol–water partition coefficient (Wildman–Crippen LogP) is -0.0108. The van der Waals surface area contributed by atoms with E-state index in [0.29, 0.717) is 19.7 Å². The highest BCUT2D eigenvalue weighted by Gasteiger charge is 2.18. The van der Waals surface area contributed by atoms with E-state index in [-0.39, 0.29) is 18.6 Å². The number of carbonyl (C=O) groups is 1. The van der Waals surface area contributed by atoms with Crippen molar-refractivity contribution in [2.45, 2.75) is 25.4 Å². The Bertz CT molecular complexity index is 205. The van der Waals surface area contributed by atoms with Gasteiger partial charge in [0.1, 0.15) is 6.61 Å². The molecule has 1 rings (SSSR count). The van der Waals surface area contributed by atoms with Crippen molar-refractivity contribution in [2.75, 3.05) is 40.0 Å². The third-order valence-corrected chi connectivity index (χ3v) is 2.66. The standard InChI is InChI=1S/C11H22N2O3/c1-13(11(14)9-15-7-5-12)8-10-4-2-3-6-16-10/h10H,2-9,12H2,1H3. The zero-order chi connectivity index (χ0) is 11.8. The van der Waals surface area contributed by atoms with Gasteiger partial charge in [-0.15, -0.1) is 0 Å². The van der Waals surface area contributed by atoms with Gasteiger partial charge in [0.2, 0.25) is 5.91 Å². The number of carbonyl (C=O) groups excluding carboxylic acids is 1. The van der Waals surface area contributed by atoms with Crippen molar-refractivity contribution in [1.82, 2.24) is 4.90 Å². The van der Waals surface area contributed by atoms with Crippen molar-refractivity contribution in [3.05, 3.63) is 0 Å². The summed E-state index contributed by atoms with van der Waals surface area (Å²) in [7, 11) is 1.78. The molecule has 0 aromatic carbocycles. The van der Waals surface area contributed by atoms with Crippen LogP contribution < -0.4 is 5.73 Å². The van der Waals surface area contributed by atoms with Crippen molar-refractivity contribution in [3.8, 4) is 0 Å². The molecule has 1 unspecified atom stereocenters. The van der Waals surface area contributed by atoms with E-state index < -0.39 is 0 Å². The average molecular weight is 230 g/mol. The first-order valence-corrected chi connectivity index (χ1v) is 5.87. The highest BCUT2D eigenvalue weighted by atomic mass is 16.5. The van der Waals surface area contributed by atoms with Crippen molar-refractivity contribution in [2.24, 2.45) is 5.73 Å². The number of rotatable bonds is 6. The van der Waals surface area contributed by atoms with Gasteiger partial charge >= 0.3 is 0 Å². The Labute approximate surface area is 96.9 Å². The molecule has 0 spiro atoms. The summed E-state index contributed by atoms with van der Waals surface area (Å²) in [6, 6.07) is 0. The minimum absolute atomic E-state index is 0.0115. The van der Waals surface area contributed by atoms with Gasteiger partial charge in [0.25, 0.3) is 0 Å². The van der Waals surface area contributed by atoms with Gasteiger partial charge in [-0.2, -0.15) is 0 Å². The zero-order valence-corrected chi connectivity index (χ0v) is 9.98. The van der Waals surface area contributed by atoms with Crippen LogP contribution in [0.3, 0.4) is 0 Å². The molecule has 1 amide bonds. The number of nitrogens with two attached hydrogens (primary N) is 1. The number of ether oxygens (including phenoxy) is 2. The SMILES string of the molecule is CN(CC1CCCCO1)C(=O)COCCN. The van der Waals surface area contributed by atoms with E-state index in [9.17, 15) is 4.79 Å². The second kappa shape index (κ2) is 7.60.